The Kier molecular flexibility index (Phi) is 5.35. The van der Waals surface area contributed by atoms with E-state index in [1.165, 1.54) is 30.7 Å². The van der Waals surface area contributed by atoms with E-state index in [-0.39, 0.29) is 11.3 Å². The van der Waals surface area contributed by atoms with Crippen LogP contribution in [0.2, 0.25) is 0 Å². The van der Waals surface area contributed by atoms with Gasteiger partial charge in [-0.05, 0) is 24.3 Å². The molecular formula is C10H14O3. The van der Waals surface area contributed by atoms with Crippen molar-refractivity contribution in [2.45, 2.75) is 20.3 Å². The van der Waals surface area contributed by atoms with Crippen molar-refractivity contribution in [2.24, 2.45) is 0 Å². The highest BCUT2D eigenvalue weighted by Gasteiger charge is 1.99. The van der Waals surface area contributed by atoms with E-state index in [1.54, 1.807) is 0 Å². The molecule has 0 saturated carbocycles. The highest BCUT2D eigenvalue weighted by molar-refractivity contribution is 5.87. The summed E-state index contributed by atoms with van der Waals surface area (Å²) in [5.41, 5.74) is 0.179. The fourth-order valence-electron chi connectivity index (χ4n) is 0.604. The molecule has 0 heterocycles. The van der Waals surface area contributed by atoms with Gasteiger partial charge in [0.2, 0.25) is 0 Å². The van der Waals surface area contributed by atoms with Crippen LogP contribution in [0.5, 0.6) is 5.75 Å². The number of hydrogen-bond acceptors (Lipinski definition) is 2. The maximum atomic E-state index is 10.2. The van der Waals surface area contributed by atoms with Crippen LogP contribution in [0.3, 0.4) is 0 Å². The summed E-state index contributed by atoms with van der Waals surface area (Å²) in [4.78, 5) is 10.2. The lowest BCUT2D eigenvalue weighted by molar-refractivity contribution is 0.0697. The molecule has 0 unspecified atom stereocenters. The minimum Gasteiger partial charge on any atom is -0.508 e. The predicted octanol–water partition coefficient (Wildman–Crippen LogP) is 2.51. The van der Waals surface area contributed by atoms with Gasteiger partial charge in [0.25, 0.3) is 0 Å². The Bertz CT molecular complexity index is 251. The highest BCUT2D eigenvalue weighted by Crippen LogP contribution is 2.08. The van der Waals surface area contributed by atoms with Gasteiger partial charge < -0.3 is 10.2 Å². The standard InChI is InChI=1S/C7H6O3.C3H8/c8-6-3-1-5(2-4-6)7(9)10;1-3-2/h1-4,8H,(H,9,10);3H2,1-2H3. The van der Waals surface area contributed by atoms with Gasteiger partial charge in [-0.1, -0.05) is 20.3 Å². The lowest BCUT2D eigenvalue weighted by Crippen LogP contribution is -1.93. The Morgan fingerprint density at radius 2 is 1.62 bits per heavy atom. The first-order valence-electron chi connectivity index (χ1n) is 4.14. The van der Waals surface area contributed by atoms with Crippen LogP contribution in [-0.2, 0) is 0 Å². The van der Waals surface area contributed by atoms with Crippen molar-refractivity contribution in [3.8, 4) is 5.75 Å². The number of phenols is 1. The Balaban J connectivity index is 0.000000424. The van der Waals surface area contributed by atoms with E-state index in [2.05, 4.69) is 13.8 Å². The van der Waals surface area contributed by atoms with E-state index in [4.69, 9.17) is 10.2 Å². The van der Waals surface area contributed by atoms with Crippen molar-refractivity contribution >= 4 is 5.97 Å². The number of carbonyl (C=O) groups is 1. The number of phenolic OH excluding ortho intramolecular Hbond substituents is 1. The van der Waals surface area contributed by atoms with Gasteiger partial charge in [0.1, 0.15) is 5.75 Å². The molecule has 0 aromatic heterocycles. The van der Waals surface area contributed by atoms with E-state index >= 15 is 0 Å². The summed E-state index contributed by atoms with van der Waals surface area (Å²) in [6.45, 7) is 4.25. The average molecular weight is 182 g/mol. The molecule has 72 valence electrons. The zero-order chi connectivity index (χ0) is 10.3. The molecule has 1 rings (SSSR count). The first-order chi connectivity index (χ1) is 6.11. The van der Waals surface area contributed by atoms with Gasteiger partial charge in [0, 0.05) is 0 Å². The third-order valence-corrected chi connectivity index (χ3v) is 1.11. The smallest absolute Gasteiger partial charge is 0.335 e. The SMILES string of the molecule is CCC.O=C(O)c1ccc(O)cc1. The Morgan fingerprint density at radius 3 is 1.92 bits per heavy atom. The van der Waals surface area contributed by atoms with Gasteiger partial charge >= 0.3 is 5.97 Å². The first-order valence-corrected chi connectivity index (χ1v) is 4.14. The number of aromatic hydroxyl groups is 1. The highest BCUT2D eigenvalue weighted by atomic mass is 16.4. The van der Waals surface area contributed by atoms with Crippen molar-refractivity contribution in [1.29, 1.82) is 0 Å². The van der Waals surface area contributed by atoms with Crippen LogP contribution in [-0.4, -0.2) is 16.2 Å². The van der Waals surface area contributed by atoms with Crippen molar-refractivity contribution in [3.05, 3.63) is 29.8 Å². The Hall–Kier alpha value is -1.51. The van der Waals surface area contributed by atoms with Gasteiger partial charge in [-0.15, -0.1) is 0 Å². The summed E-state index contributed by atoms with van der Waals surface area (Å²) < 4.78 is 0. The van der Waals surface area contributed by atoms with Crippen LogP contribution in [0.1, 0.15) is 30.6 Å². The van der Waals surface area contributed by atoms with Crippen LogP contribution >= 0.6 is 0 Å². The van der Waals surface area contributed by atoms with Crippen molar-refractivity contribution < 1.29 is 15.0 Å². The van der Waals surface area contributed by atoms with Crippen LogP contribution in [0, 0.1) is 0 Å². The second-order valence-corrected chi connectivity index (χ2v) is 2.56. The quantitative estimate of drug-likeness (QED) is 0.701. The van der Waals surface area contributed by atoms with Gasteiger partial charge in [-0.3, -0.25) is 0 Å². The zero-order valence-corrected chi connectivity index (χ0v) is 7.82. The van der Waals surface area contributed by atoms with Crippen LogP contribution in [0.25, 0.3) is 0 Å². The first kappa shape index (κ1) is 11.5. The molecule has 0 saturated heterocycles. The molecule has 0 aliphatic heterocycles. The van der Waals surface area contributed by atoms with E-state index in [1.807, 2.05) is 0 Å². The van der Waals surface area contributed by atoms with Crippen molar-refractivity contribution in [2.75, 3.05) is 0 Å². The number of aromatic carboxylic acids is 1. The number of hydrogen-bond donors (Lipinski definition) is 2. The topological polar surface area (TPSA) is 57.5 Å². The van der Waals surface area contributed by atoms with E-state index in [0.29, 0.717) is 0 Å². The number of carboxylic acid groups (broad SMARTS) is 1. The molecule has 0 bridgehead atoms. The van der Waals surface area contributed by atoms with E-state index in [9.17, 15) is 4.79 Å². The monoisotopic (exact) mass is 182 g/mol. The van der Waals surface area contributed by atoms with Gasteiger partial charge in [0.05, 0.1) is 5.56 Å². The molecule has 1 aromatic carbocycles. The maximum Gasteiger partial charge on any atom is 0.335 e. The van der Waals surface area contributed by atoms with Crippen LogP contribution < -0.4 is 0 Å². The second-order valence-electron chi connectivity index (χ2n) is 2.56. The molecule has 0 radical (unpaired) electrons. The third-order valence-electron chi connectivity index (χ3n) is 1.11. The summed E-state index contributed by atoms with van der Waals surface area (Å²) in [7, 11) is 0. The molecule has 2 N–H and O–H groups in total. The lowest BCUT2D eigenvalue weighted by Gasteiger charge is -1.92. The molecule has 0 aliphatic carbocycles. The molecule has 3 nitrogen and oxygen atoms in total. The minimum absolute atomic E-state index is 0.0741. The molecule has 0 aliphatic rings. The van der Waals surface area contributed by atoms with Crippen LogP contribution in [0.4, 0.5) is 0 Å². The van der Waals surface area contributed by atoms with Crippen molar-refractivity contribution in [3.63, 3.8) is 0 Å². The molecular weight excluding hydrogens is 168 g/mol. The largest absolute Gasteiger partial charge is 0.508 e. The fourth-order valence-corrected chi connectivity index (χ4v) is 0.604. The van der Waals surface area contributed by atoms with E-state index in [0.717, 1.165) is 0 Å². The van der Waals surface area contributed by atoms with Gasteiger partial charge in [-0.2, -0.15) is 0 Å². The molecule has 13 heavy (non-hydrogen) atoms. The number of benzene rings is 1. The lowest BCUT2D eigenvalue weighted by atomic mass is 10.2. The summed E-state index contributed by atoms with van der Waals surface area (Å²) in [6, 6.07) is 5.36. The summed E-state index contributed by atoms with van der Waals surface area (Å²) in [5.74, 6) is -0.912. The van der Waals surface area contributed by atoms with E-state index < -0.39 is 5.97 Å². The summed E-state index contributed by atoms with van der Waals surface area (Å²) >= 11 is 0. The molecule has 0 fully saturated rings. The normalized spacial score (nSPS) is 8.46. The molecule has 3 heteroatoms. The third kappa shape index (κ3) is 4.85. The average Bonchev–Trinajstić information content (AvgIpc) is 2.06. The molecule has 0 spiro atoms. The molecule has 0 amide bonds. The zero-order valence-electron chi connectivity index (χ0n) is 7.82. The number of carboxylic acids is 1. The van der Waals surface area contributed by atoms with Crippen molar-refractivity contribution in [1.82, 2.24) is 0 Å². The van der Waals surface area contributed by atoms with Gasteiger partial charge in [-0.25, -0.2) is 4.79 Å². The maximum absolute atomic E-state index is 10.2. The fraction of sp³-hybridized carbons (Fsp3) is 0.300. The van der Waals surface area contributed by atoms with Gasteiger partial charge in [0.15, 0.2) is 0 Å². The number of rotatable bonds is 1. The van der Waals surface area contributed by atoms with Crippen LogP contribution in [0.15, 0.2) is 24.3 Å². The Labute approximate surface area is 77.6 Å². The predicted molar refractivity (Wildman–Crippen MR) is 51.0 cm³/mol. The second kappa shape index (κ2) is 6.06. The molecule has 1 aromatic rings. The summed E-state index contributed by atoms with van der Waals surface area (Å²) in [5, 5.41) is 17.1. The minimum atomic E-state index is -0.986. The molecule has 0 atom stereocenters. The Morgan fingerprint density at radius 1 is 1.23 bits per heavy atom. The summed E-state index contributed by atoms with van der Waals surface area (Å²) in [6.07, 6.45) is 1.25.